The standard InChI is InChI=1S/C84H97N13O16/c1-10-83(5,6)97-76-58-19-13-12-18-53(58)45-94(63-21-15-14-20-59(63)75(76)91-92-97)73(101)31-30-70(98)86-43-71(99)87-44-72(100)90-74(49(2)3)78(103)88-50(4)77(102)89-55-26-22-51(23-27-55)47-113-82(107)96-64-40-69(67(110-9)38-61(64)80(105)95-48-84(32-33-84)41-65(95)81(96)106)112-35-17-11-16-34-111-68-39-62-60(37-66(68)109-8)79(104)93-46-54(36-56(93)42-85-62)52-24-28-57(108-7)29-25-52/h12-15,18-29,37-40,46,49-50,56,65,74,81,85,106H,10-11,16-17,30-36,41-45,47-48H2,1-9H3,(H,86,98)(H,87,99)(H,88,103)(H,89,102)(H,90,100)/t50-,56-,65-,74-,81-/m0/s1. The van der Waals surface area contributed by atoms with E-state index < -0.39 is 79.0 Å². The molecule has 6 heterocycles. The van der Waals surface area contributed by atoms with Gasteiger partial charge in [-0.3, -0.25) is 38.4 Å². The third-order valence-corrected chi connectivity index (χ3v) is 22.1. The van der Waals surface area contributed by atoms with Crippen LogP contribution in [0.4, 0.5) is 27.5 Å². The van der Waals surface area contributed by atoms with Crippen LogP contribution >= 0.6 is 0 Å². The van der Waals surface area contributed by atoms with Gasteiger partial charge in [0.05, 0.1) is 106 Å². The van der Waals surface area contributed by atoms with E-state index in [4.69, 9.17) is 28.4 Å². The lowest BCUT2D eigenvalue weighted by Crippen LogP contribution is -2.55. The molecule has 6 aliphatic rings. The van der Waals surface area contributed by atoms with Crippen molar-refractivity contribution in [1.82, 2.24) is 46.1 Å². The number of benzene rings is 6. The number of rotatable bonds is 29. The van der Waals surface area contributed by atoms with Crippen LogP contribution in [0.3, 0.4) is 0 Å². The van der Waals surface area contributed by atoms with Crippen molar-refractivity contribution >= 4 is 81.7 Å². The minimum Gasteiger partial charge on any atom is -0.497 e. The predicted molar refractivity (Wildman–Crippen MR) is 421 cm³/mol. The number of amides is 9. The zero-order chi connectivity index (χ0) is 80.0. The molecule has 0 unspecified atom stereocenters. The molecule has 594 valence electrons. The van der Waals surface area contributed by atoms with Crippen LogP contribution in [0, 0.1) is 11.3 Å². The number of unbranched alkanes of at least 4 members (excludes halogenated alkanes) is 2. The minimum absolute atomic E-state index is 0.0780. The number of anilines is 4. The van der Waals surface area contributed by atoms with Gasteiger partial charge in [0.2, 0.25) is 35.4 Å². The van der Waals surface area contributed by atoms with Crippen LogP contribution in [-0.2, 0) is 52.2 Å². The van der Waals surface area contributed by atoms with Gasteiger partial charge in [0.1, 0.15) is 30.1 Å². The van der Waals surface area contributed by atoms with Gasteiger partial charge in [0.25, 0.3) is 11.8 Å². The SMILES string of the molecule is CCC(C)(C)n1nnc2c1-c1ccccc1CN(C(=O)CCC(=O)NCC(=O)NCC(=O)N[C@H](C(=O)N[C@@H](C)C(=O)Nc1ccc(COC(=O)N3c4cc(OCCCCCOc5cc6c(cc5OC)C(=O)N5C=C(c7ccc(OC)cc7)C[C@H]5CN6)c(OC)cc4C(=O)N4CC5(CC5)C[C@H]4[C@@H]3O)cc1)C(C)C)c1ccccc1-2. The number of ether oxygens (including phenoxy) is 6. The number of aliphatic hydroxyl groups excluding tert-OH is 1. The lowest BCUT2D eigenvalue weighted by Gasteiger charge is -2.31. The Morgan fingerprint density at radius 3 is 2.06 bits per heavy atom. The largest absolute Gasteiger partial charge is 0.497 e. The monoisotopic (exact) mass is 1540 g/mol. The van der Waals surface area contributed by atoms with Gasteiger partial charge in [0.15, 0.2) is 29.2 Å². The maximum atomic E-state index is 14.5. The molecule has 5 aliphatic heterocycles. The van der Waals surface area contributed by atoms with Gasteiger partial charge in [0, 0.05) is 61.1 Å². The lowest BCUT2D eigenvalue weighted by atomic mass is 9.93. The van der Waals surface area contributed by atoms with E-state index in [0.717, 1.165) is 63.4 Å². The minimum atomic E-state index is -1.48. The summed E-state index contributed by atoms with van der Waals surface area (Å²) in [5.41, 5.74) is 8.42. The van der Waals surface area contributed by atoms with Crippen LogP contribution in [0.2, 0.25) is 0 Å². The summed E-state index contributed by atoms with van der Waals surface area (Å²) in [6.45, 7) is 11.6. The lowest BCUT2D eigenvalue weighted by molar-refractivity contribution is -0.132. The first kappa shape index (κ1) is 79.1. The molecule has 6 aromatic carbocycles. The maximum absolute atomic E-state index is 14.5. The summed E-state index contributed by atoms with van der Waals surface area (Å²) in [5, 5.41) is 37.9. The second-order valence-electron chi connectivity index (χ2n) is 30.5. The molecule has 1 aromatic heterocycles. The molecule has 1 aliphatic carbocycles. The van der Waals surface area contributed by atoms with Crippen LogP contribution in [-0.4, -0.2) is 174 Å². The Hall–Kier alpha value is -12.0. The number of nitrogens with zero attached hydrogens (tertiary/aromatic N) is 7. The molecule has 7 aromatic rings. The maximum Gasteiger partial charge on any atom is 0.416 e. The Balaban J connectivity index is 0.556. The number of aromatic nitrogens is 3. The molecule has 2 fully saturated rings. The highest BCUT2D eigenvalue weighted by atomic mass is 16.6. The normalized spacial score (nSPS) is 17.4. The highest BCUT2D eigenvalue weighted by Gasteiger charge is 2.58. The van der Waals surface area contributed by atoms with Gasteiger partial charge in [-0.25, -0.2) is 14.4 Å². The van der Waals surface area contributed by atoms with Crippen molar-refractivity contribution in [3.05, 3.63) is 155 Å². The van der Waals surface area contributed by atoms with Crippen molar-refractivity contribution in [3.63, 3.8) is 0 Å². The molecule has 9 amide bonds. The average Bonchev–Trinajstić information content (AvgIpc) is 1.58. The molecule has 7 N–H and O–H groups in total. The van der Waals surface area contributed by atoms with E-state index in [1.807, 2.05) is 89.7 Å². The molecular weight excluding hydrogens is 1450 g/mol. The Morgan fingerprint density at radius 2 is 1.37 bits per heavy atom. The molecule has 5 atom stereocenters. The van der Waals surface area contributed by atoms with E-state index in [2.05, 4.69) is 63.0 Å². The molecule has 1 spiro atoms. The number of hydrogen-bond donors (Lipinski definition) is 7. The van der Waals surface area contributed by atoms with Crippen LogP contribution in [0.1, 0.15) is 143 Å². The molecule has 1 saturated carbocycles. The summed E-state index contributed by atoms with van der Waals surface area (Å²) in [6.07, 6.45) is 4.81. The molecule has 1 saturated heterocycles. The van der Waals surface area contributed by atoms with Gasteiger partial charge in [-0.1, -0.05) is 92.7 Å². The number of carbonyl (C=O) groups excluding carboxylic acids is 9. The topological polar surface area (TPSA) is 345 Å². The second kappa shape index (κ2) is 33.9. The van der Waals surface area contributed by atoms with Crippen LogP contribution in [0.25, 0.3) is 28.1 Å². The summed E-state index contributed by atoms with van der Waals surface area (Å²) in [7, 11) is 4.62. The Morgan fingerprint density at radius 1 is 0.699 bits per heavy atom. The van der Waals surface area contributed by atoms with Crippen molar-refractivity contribution in [3.8, 4) is 51.3 Å². The fraction of sp³-hybridized carbons (Fsp3) is 0.417. The first-order valence-corrected chi connectivity index (χ1v) is 38.4. The van der Waals surface area contributed by atoms with Crippen LogP contribution in [0.15, 0.2) is 128 Å². The number of nitrogens with one attached hydrogen (secondary N) is 6. The quantitative estimate of drug-likeness (QED) is 0.0214. The van der Waals surface area contributed by atoms with Crippen molar-refractivity contribution < 1.29 is 76.7 Å². The zero-order valence-corrected chi connectivity index (χ0v) is 65.0. The fourth-order valence-electron chi connectivity index (χ4n) is 15.0. The molecule has 0 radical (unpaired) electrons. The first-order chi connectivity index (χ1) is 54.4. The van der Waals surface area contributed by atoms with Gasteiger partial charge in [-0.15, -0.1) is 5.10 Å². The number of aliphatic hydroxyl groups is 1. The van der Waals surface area contributed by atoms with Crippen LogP contribution < -0.4 is 65.4 Å². The van der Waals surface area contributed by atoms with Crippen molar-refractivity contribution in [2.45, 2.75) is 155 Å². The number of para-hydroxylation sites is 1. The zero-order valence-electron chi connectivity index (χ0n) is 65.0. The van der Waals surface area contributed by atoms with Crippen molar-refractivity contribution in [2.24, 2.45) is 11.3 Å². The van der Waals surface area contributed by atoms with Crippen molar-refractivity contribution in [2.75, 3.05) is 81.2 Å². The molecular formula is C84H97N13O16. The molecule has 113 heavy (non-hydrogen) atoms. The van der Waals surface area contributed by atoms with Gasteiger partial charge in [-0.05, 0) is 148 Å². The Labute approximate surface area is 655 Å². The Bertz CT molecular complexity index is 4820. The Kier molecular flexibility index (Phi) is 23.7. The van der Waals surface area contributed by atoms with E-state index in [0.29, 0.717) is 97.2 Å². The predicted octanol–water partition coefficient (Wildman–Crippen LogP) is 9.71. The van der Waals surface area contributed by atoms with Crippen molar-refractivity contribution in [1.29, 1.82) is 0 Å². The third-order valence-electron chi connectivity index (χ3n) is 22.1. The smallest absolute Gasteiger partial charge is 0.416 e. The van der Waals surface area contributed by atoms with E-state index in [1.165, 1.54) is 33.3 Å². The molecule has 29 nitrogen and oxygen atoms in total. The van der Waals surface area contributed by atoms with E-state index in [-0.39, 0.29) is 90.1 Å². The fourth-order valence-corrected chi connectivity index (χ4v) is 15.0. The van der Waals surface area contributed by atoms with E-state index in [9.17, 15) is 48.3 Å². The number of carbonyl (C=O) groups is 9. The van der Waals surface area contributed by atoms with E-state index >= 15 is 0 Å². The number of methoxy groups -OCH3 is 3. The summed E-state index contributed by atoms with van der Waals surface area (Å²) in [5.74, 6) is -2.29. The summed E-state index contributed by atoms with van der Waals surface area (Å²) >= 11 is 0. The summed E-state index contributed by atoms with van der Waals surface area (Å²) in [4.78, 5) is 130. The summed E-state index contributed by atoms with van der Waals surface area (Å²) < 4.78 is 37.3. The van der Waals surface area contributed by atoms with Gasteiger partial charge < -0.3 is 80.1 Å². The number of fused-ring (bicyclic) bond motifs is 9. The molecule has 0 bridgehead atoms. The molecule has 29 heteroatoms. The highest BCUT2D eigenvalue weighted by molar-refractivity contribution is 6.07. The number of hydrogen-bond acceptors (Lipinski definition) is 19. The average molecular weight is 1540 g/mol. The first-order valence-electron chi connectivity index (χ1n) is 38.4. The third kappa shape index (κ3) is 17.2. The van der Waals surface area contributed by atoms with E-state index in [1.54, 1.807) is 66.0 Å². The molecule has 13 rings (SSSR count). The van der Waals surface area contributed by atoms with Crippen LogP contribution in [0.5, 0.6) is 28.7 Å². The highest BCUT2D eigenvalue weighted by Crippen LogP contribution is 2.57. The van der Waals surface area contributed by atoms with Gasteiger partial charge >= 0.3 is 6.09 Å². The van der Waals surface area contributed by atoms with Gasteiger partial charge in [-0.2, -0.15) is 0 Å². The second-order valence-corrected chi connectivity index (χ2v) is 30.5. The summed E-state index contributed by atoms with van der Waals surface area (Å²) in [6, 6.07) is 33.1.